The average Bonchev–Trinajstić information content (AvgIpc) is 1.84. The largest absolute Gasteiger partial charge is 0.422 e. The molecule has 0 aliphatic rings. The van der Waals surface area contributed by atoms with E-state index >= 15 is 0 Å². The molecule has 0 aliphatic carbocycles. The summed E-state index contributed by atoms with van der Waals surface area (Å²) in [5, 5.41) is 0. The van der Waals surface area contributed by atoms with Gasteiger partial charge in [-0.2, -0.15) is 0 Å². The van der Waals surface area contributed by atoms with E-state index in [1.54, 1.807) is 14.1 Å². The Morgan fingerprint density at radius 1 is 1.33 bits per heavy atom. The van der Waals surface area contributed by atoms with Crippen LogP contribution in [0.25, 0.3) is 0 Å². The van der Waals surface area contributed by atoms with Crippen molar-refractivity contribution in [3.63, 3.8) is 0 Å². The van der Waals surface area contributed by atoms with Crippen LogP contribution in [0.5, 0.6) is 0 Å². The van der Waals surface area contributed by atoms with Crippen molar-refractivity contribution in [2.24, 2.45) is 0 Å². The van der Waals surface area contributed by atoms with Crippen LogP contribution in [0, 0.1) is 0 Å². The fourth-order valence-electron chi connectivity index (χ4n) is 0.386. The maximum absolute atomic E-state index is 10.9. The van der Waals surface area contributed by atoms with Crippen molar-refractivity contribution in [1.29, 1.82) is 0 Å². The molecule has 0 heterocycles. The van der Waals surface area contributed by atoms with Gasteiger partial charge >= 0.3 is 6.09 Å². The number of amides is 1. The standard InChI is InChI=1S/C8H17NO3/c1-8(2,3)12-6-11-7(10)9(4)5/h6H2,1-5H3. The van der Waals surface area contributed by atoms with Crippen molar-refractivity contribution in [2.75, 3.05) is 20.9 Å². The van der Waals surface area contributed by atoms with Gasteiger partial charge < -0.3 is 14.4 Å². The summed E-state index contributed by atoms with van der Waals surface area (Å²) in [6, 6.07) is 0. The quantitative estimate of drug-likeness (QED) is 0.596. The van der Waals surface area contributed by atoms with Crippen molar-refractivity contribution in [1.82, 2.24) is 4.90 Å². The number of nitrogens with zero attached hydrogens (tertiary/aromatic N) is 1. The first-order valence-corrected chi connectivity index (χ1v) is 3.81. The van der Waals surface area contributed by atoms with Crippen LogP contribution in [0.2, 0.25) is 0 Å². The molecule has 0 rings (SSSR count). The van der Waals surface area contributed by atoms with Crippen LogP contribution in [0.4, 0.5) is 4.79 Å². The number of ether oxygens (including phenoxy) is 2. The van der Waals surface area contributed by atoms with Crippen molar-refractivity contribution in [3.8, 4) is 0 Å². The minimum Gasteiger partial charge on any atom is -0.422 e. The molecule has 0 unspecified atom stereocenters. The molecule has 4 nitrogen and oxygen atoms in total. The van der Waals surface area contributed by atoms with E-state index in [-0.39, 0.29) is 18.5 Å². The van der Waals surface area contributed by atoms with Crippen molar-refractivity contribution in [3.05, 3.63) is 0 Å². The van der Waals surface area contributed by atoms with Crippen molar-refractivity contribution >= 4 is 6.09 Å². The second-order valence-electron chi connectivity index (χ2n) is 3.68. The number of carbonyl (C=O) groups is 1. The molecule has 0 fully saturated rings. The zero-order valence-electron chi connectivity index (χ0n) is 8.38. The van der Waals surface area contributed by atoms with Gasteiger partial charge in [-0.25, -0.2) is 4.79 Å². The lowest BCUT2D eigenvalue weighted by Crippen LogP contribution is -2.27. The minimum absolute atomic E-state index is 0.000509. The predicted octanol–water partition coefficient (Wildman–Crippen LogP) is 1.46. The highest BCUT2D eigenvalue weighted by molar-refractivity contribution is 5.66. The summed E-state index contributed by atoms with van der Waals surface area (Å²) in [7, 11) is 3.25. The van der Waals surface area contributed by atoms with Gasteiger partial charge in [0.25, 0.3) is 0 Å². The lowest BCUT2D eigenvalue weighted by Gasteiger charge is -2.19. The maximum atomic E-state index is 10.9. The Labute approximate surface area is 73.4 Å². The van der Waals surface area contributed by atoms with Gasteiger partial charge in [-0.15, -0.1) is 0 Å². The zero-order valence-corrected chi connectivity index (χ0v) is 8.38. The molecule has 0 bridgehead atoms. The summed E-state index contributed by atoms with van der Waals surface area (Å²) in [4.78, 5) is 12.2. The Bertz CT molecular complexity index is 149. The molecule has 1 amide bonds. The highest BCUT2D eigenvalue weighted by Gasteiger charge is 2.11. The van der Waals surface area contributed by atoms with Gasteiger partial charge in [0.1, 0.15) is 0 Å². The van der Waals surface area contributed by atoms with E-state index in [9.17, 15) is 4.79 Å². The lowest BCUT2D eigenvalue weighted by molar-refractivity contribution is -0.0958. The van der Waals surface area contributed by atoms with Crippen LogP contribution < -0.4 is 0 Å². The Morgan fingerprint density at radius 3 is 2.17 bits per heavy atom. The van der Waals surface area contributed by atoms with Gasteiger partial charge in [-0.1, -0.05) is 0 Å². The predicted molar refractivity (Wildman–Crippen MR) is 45.9 cm³/mol. The Balaban J connectivity index is 3.51. The van der Waals surface area contributed by atoms with Crippen LogP contribution in [-0.2, 0) is 9.47 Å². The highest BCUT2D eigenvalue weighted by atomic mass is 16.7. The number of hydrogen-bond donors (Lipinski definition) is 0. The lowest BCUT2D eigenvalue weighted by atomic mass is 10.2. The van der Waals surface area contributed by atoms with E-state index in [1.165, 1.54) is 4.90 Å². The molecule has 0 aromatic carbocycles. The summed E-state index contributed by atoms with van der Waals surface area (Å²) in [5.41, 5.74) is -0.271. The normalized spacial score (nSPS) is 11.1. The van der Waals surface area contributed by atoms with Crippen LogP contribution in [0.1, 0.15) is 20.8 Å². The fraction of sp³-hybridized carbons (Fsp3) is 0.875. The average molecular weight is 175 g/mol. The number of rotatable bonds is 2. The van der Waals surface area contributed by atoms with Gasteiger partial charge in [-0.05, 0) is 20.8 Å². The third-order valence-corrected chi connectivity index (χ3v) is 1.04. The molecule has 0 aromatic heterocycles. The van der Waals surface area contributed by atoms with Gasteiger partial charge in [0.05, 0.1) is 5.60 Å². The molecule has 0 N–H and O–H groups in total. The minimum atomic E-state index is -0.390. The molecule has 72 valence electrons. The van der Waals surface area contributed by atoms with Crippen LogP contribution in [0.15, 0.2) is 0 Å². The monoisotopic (exact) mass is 175 g/mol. The molecule has 0 aliphatic heterocycles. The zero-order chi connectivity index (χ0) is 9.78. The molecule has 12 heavy (non-hydrogen) atoms. The van der Waals surface area contributed by atoms with Crippen LogP contribution >= 0.6 is 0 Å². The van der Waals surface area contributed by atoms with E-state index < -0.39 is 0 Å². The van der Waals surface area contributed by atoms with E-state index in [0.717, 1.165) is 0 Å². The van der Waals surface area contributed by atoms with Crippen molar-refractivity contribution < 1.29 is 14.3 Å². The summed E-state index contributed by atoms with van der Waals surface area (Å²) >= 11 is 0. The second kappa shape index (κ2) is 4.30. The summed E-state index contributed by atoms with van der Waals surface area (Å²) in [5.74, 6) is 0. The van der Waals surface area contributed by atoms with Gasteiger partial charge in [-0.3, -0.25) is 0 Å². The highest BCUT2D eigenvalue weighted by Crippen LogP contribution is 2.06. The topological polar surface area (TPSA) is 38.8 Å². The molecule has 0 saturated heterocycles. The molecule has 0 radical (unpaired) electrons. The van der Waals surface area contributed by atoms with Crippen molar-refractivity contribution in [2.45, 2.75) is 26.4 Å². The fourth-order valence-corrected chi connectivity index (χ4v) is 0.386. The second-order valence-corrected chi connectivity index (χ2v) is 3.68. The molecular formula is C8H17NO3. The SMILES string of the molecule is CN(C)C(=O)OCOC(C)(C)C. The molecular weight excluding hydrogens is 158 g/mol. The Kier molecular flexibility index (Phi) is 4.03. The summed E-state index contributed by atoms with van der Waals surface area (Å²) in [6.45, 7) is 5.70. The maximum Gasteiger partial charge on any atom is 0.411 e. The van der Waals surface area contributed by atoms with E-state index in [0.29, 0.717) is 0 Å². The molecule has 4 heteroatoms. The molecule has 0 atom stereocenters. The first kappa shape index (κ1) is 11.2. The number of hydrogen-bond acceptors (Lipinski definition) is 3. The van der Waals surface area contributed by atoms with Crippen LogP contribution in [0.3, 0.4) is 0 Å². The Hall–Kier alpha value is -0.770. The van der Waals surface area contributed by atoms with E-state index in [1.807, 2.05) is 20.8 Å². The van der Waals surface area contributed by atoms with E-state index in [2.05, 4.69) is 0 Å². The van der Waals surface area contributed by atoms with Gasteiger partial charge in [0.2, 0.25) is 0 Å². The van der Waals surface area contributed by atoms with Crippen LogP contribution in [-0.4, -0.2) is 37.5 Å². The third-order valence-electron chi connectivity index (χ3n) is 1.04. The number of carbonyl (C=O) groups excluding carboxylic acids is 1. The smallest absolute Gasteiger partial charge is 0.411 e. The van der Waals surface area contributed by atoms with Gasteiger partial charge in [0, 0.05) is 14.1 Å². The Morgan fingerprint density at radius 2 is 1.83 bits per heavy atom. The first-order chi connectivity index (χ1) is 5.33. The molecule has 0 aromatic rings. The first-order valence-electron chi connectivity index (χ1n) is 3.81. The third kappa shape index (κ3) is 5.97. The summed E-state index contributed by atoms with van der Waals surface area (Å²) < 4.78 is 9.92. The van der Waals surface area contributed by atoms with E-state index in [4.69, 9.17) is 9.47 Å². The van der Waals surface area contributed by atoms with Gasteiger partial charge in [0.15, 0.2) is 6.79 Å². The molecule has 0 saturated carbocycles. The molecule has 0 spiro atoms. The summed E-state index contributed by atoms with van der Waals surface area (Å²) in [6.07, 6.45) is -0.390.